The number of primary amides is 1. The van der Waals surface area contributed by atoms with Gasteiger partial charge in [0.05, 0.1) is 6.54 Å². The van der Waals surface area contributed by atoms with E-state index in [1.165, 1.54) is 0 Å². The van der Waals surface area contributed by atoms with Gasteiger partial charge in [0.2, 0.25) is 11.8 Å². The Kier molecular flexibility index (Phi) is 3.46. The summed E-state index contributed by atoms with van der Waals surface area (Å²) >= 11 is 0. The topological polar surface area (TPSA) is 75.4 Å². The first-order chi connectivity index (χ1) is 6.50. The predicted molar refractivity (Wildman–Crippen MR) is 52.4 cm³/mol. The van der Waals surface area contributed by atoms with Gasteiger partial charge in [0.15, 0.2) is 0 Å². The highest BCUT2D eigenvalue weighted by Gasteiger charge is 2.31. The van der Waals surface area contributed by atoms with Crippen LogP contribution < -0.4 is 11.1 Å². The fourth-order valence-electron chi connectivity index (χ4n) is 1.40. The zero-order chi connectivity index (χ0) is 10.7. The van der Waals surface area contributed by atoms with Crippen LogP contribution in [0.4, 0.5) is 0 Å². The third-order valence-electron chi connectivity index (χ3n) is 2.25. The van der Waals surface area contributed by atoms with Crippen LogP contribution in [0.5, 0.6) is 0 Å². The van der Waals surface area contributed by atoms with Crippen LogP contribution in [0.25, 0.3) is 0 Å². The summed E-state index contributed by atoms with van der Waals surface area (Å²) in [7, 11) is 0. The molecule has 0 spiro atoms. The average Bonchev–Trinajstić information content (AvgIpc) is 2.00. The summed E-state index contributed by atoms with van der Waals surface area (Å²) in [6.45, 7) is 5.32. The van der Waals surface area contributed by atoms with Crippen molar-refractivity contribution in [2.45, 2.75) is 19.9 Å². The summed E-state index contributed by atoms with van der Waals surface area (Å²) in [5, 5.41) is 2.97. The number of hydrogen-bond donors (Lipinski definition) is 2. The Morgan fingerprint density at radius 2 is 2.07 bits per heavy atom. The smallest absolute Gasteiger partial charge is 0.231 e. The zero-order valence-electron chi connectivity index (χ0n) is 8.62. The fourth-order valence-corrected chi connectivity index (χ4v) is 1.40. The van der Waals surface area contributed by atoms with E-state index in [4.69, 9.17) is 5.73 Å². The van der Waals surface area contributed by atoms with Gasteiger partial charge in [-0.05, 0) is 0 Å². The highest BCUT2D eigenvalue weighted by atomic mass is 16.2. The van der Waals surface area contributed by atoms with Crippen LogP contribution in [-0.4, -0.2) is 42.4 Å². The van der Waals surface area contributed by atoms with E-state index in [1.807, 2.05) is 13.8 Å². The average molecular weight is 199 g/mol. The van der Waals surface area contributed by atoms with Crippen molar-refractivity contribution in [3.8, 4) is 0 Å². The van der Waals surface area contributed by atoms with Gasteiger partial charge in [-0.1, -0.05) is 13.8 Å². The van der Waals surface area contributed by atoms with Gasteiger partial charge in [0.25, 0.3) is 0 Å². The Balaban J connectivity index is 2.17. The van der Waals surface area contributed by atoms with Crippen molar-refractivity contribution in [1.82, 2.24) is 10.2 Å². The summed E-state index contributed by atoms with van der Waals surface area (Å²) in [5.74, 6) is -0.146. The third kappa shape index (κ3) is 2.70. The molecule has 1 fully saturated rings. The first kappa shape index (κ1) is 11.0. The Hall–Kier alpha value is -1.10. The van der Waals surface area contributed by atoms with Crippen LogP contribution in [0, 0.1) is 5.92 Å². The van der Waals surface area contributed by atoms with E-state index in [0.29, 0.717) is 13.1 Å². The quantitative estimate of drug-likeness (QED) is 0.605. The molecule has 5 nitrogen and oxygen atoms in total. The molecule has 0 unspecified atom stereocenters. The van der Waals surface area contributed by atoms with E-state index in [2.05, 4.69) is 5.32 Å². The summed E-state index contributed by atoms with van der Waals surface area (Å²) in [5.41, 5.74) is 4.98. The molecule has 80 valence electrons. The number of carbonyl (C=O) groups excluding carboxylic acids is 2. The molecular formula is C9H17N3O2. The van der Waals surface area contributed by atoms with Crippen LogP contribution in [0.2, 0.25) is 0 Å². The van der Waals surface area contributed by atoms with E-state index in [1.54, 1.807) is 4.90 Å². The molecule has 1 saturated heterocycles. The van der Waals surface area contributed by atoms with E-state index in [0.717, 1.165) is 0 Å². The van der Waals surface area contributed by atoms with Crippen molar-refractivity contribution in [2.75, 3.05) is 19.6 Å². The number of nitrogens with zero attached hydrogens (tertiary/aromatic N) is 1. The van der Waals surface area contributed by atoms with Crippen LogP contribution in [-0.2, 0) is 9.59 Å². The summed E-state index contributed by atoms with van der Waals surface area (Å²) < 4.78 is 0. The van der Waals surface area contributed by atoms with E-state index >= 15 is 0 Å². The van der Waals surface area contributed by atoms with Crippen molar-refractivity contribution >= 4 is 11.8 Å². The molecule has 0 aromatic carbocycles. The molecule has 14 heavy (non-hydrogen) atoms. The maximum atomic E-state index is 11.4. The second-order valence-electron chi connectivity index (χ2n) is 3.94. The van der Waals surface area contributed by atoms with Gasteiger partial charge in [0, 0.05) is 25.0 Å². The largest absolute Gasteiger partial charge is 0.369 e. The minimum absolute atomic E-state index is 0.0482. The lowest BCUT2D eigenvalue weighted by molar-refractivity contribution is -0.139. The van der Waals surface area contributed by atoms with E-state index < -0.39 is 0 Å². The highest BCUT2D eigenvalue weighted by molar-refractivity contribution is 5.79. The summed E-state index contributed by atoms with van der Waals surface area (Å²) in [6, 6.07) is 0.227. The monoisotopic (exact) mass is 199 g/mol. The third-order valence-corrected chi connectivity index (χ3v) is 2.25. The second-order valence-corrected chi connectivity index (χ2v) is 3.94. The maximum Gasteiger partial charge on any atom is 0.231 e. The number of likely N-dealkylation sites (tertiary alicyclic amines) is 1. The Morgan fingerprint density at radius 3 is 2.50 bits per heavy atom. The van der Waals surface area contributed by atoms with Gasteiger partial charge < -0.3 is 16.0 Å². The number of amides is 2. The molecule has 0 aliphatic carbocycles. The molecule has 1 rings (SSSR count). The second kappa shape index (κ2) is 4.41. The van der Waals surface area contributed by atoms with Crippen molar-refractivity contribution in [2.24, 2.45) is 11.7 Å². The summed E-state index contributed by atoms with van der Waals surface area (Å²) in [4.78, 5) is 23.6. The number of rotatable bonds is 4. The van der Waals surface area contributed by atoms with Gasteiger partial charge in [-0.2, -0.15) is 0 Å². The molecule has 1 aliphatic rings. The summed E-state index contributed by atoms with van der Waals surface area (Å²) in [6.07, 6.45) is 0. The Bertz CT molecular complexity index is 234. The number of hydrogen-bond acceptors (Lipinski definition) is 3. The standard InChI is InChI=1S/C9H17N3O2/c1-6(2)9(14)12-4-7(5-12)11-3-8(10)13/h6-7,11H,3-5H2,1-2H3,(H2,10,13). The zero-order valence-corrected chi connectivity index (χ0v) is 8.62. The van der Waals surface area contributed by atoms with E-state index in [9.17, 15) is 9.59 Å². The molecule has 0 bridgehead atoms. The van der Waals surface area contributed by atoms with Crippen molar-refractivity contribution < 1.29 is 9.59 Å². The molecule has 0 atom stereocenters. The molecule has 5 heteroatoms. The van der Waals surface area contributed by atoms with Crippen LogP contribution >= 0.6 is 0 Å². The number of nitrogens with two attached hydrogens (primary N) is 1. The highest BCUT2D eigenvalue weighted by Crippen LogP contribution is 2.11. The van der Waals surface area contributed by atoms with Crippen molar-refractivity contribution in [3.05, 3.63) is 0 Å². The Morgan fingerprint density at radius 1 is 1.50 bits per heavy atom. The first-order valence-electron chi connectivity index (χ1n) is 4.81. The lowest BCUT2D eigenvalue weighted by Gasteiger charge is -2.40. The van der Waals surface area contributed by atoms with Crippen LogP contribution in [0.15, 0.2) is 0 Å². The molecule has 1 heterocycles. The van der Waals surface area contributed by atoms with Gasteiger partial charge >= 0.3 is 0 Å². The molecular weight excluding hydrogens is 182 g/mol. The minimum Gasteiger partial charge on any atom is -0.369 e. The van der Waals surface area contributed by atoms with Gasteiger partial charge in [0.1, 0.15) is 0 Å². The number of nitrogens with one attached hydrogen (secondary N) is 1. The van der Waals surface area contributed by atoms with Crippen molar-refractivity contribution in [3.63, 3.8) is 0 Å². The SMILES string of the molecule is CC(C)C(=O)N1CC(NCC(N)=O)C1. The van der Waals surface area contributed by atoms with Gasteiger partial charge in [-0.15, -0.1) is 0 Å². The molecule has 2 amide bonds. The lowest BCUT2D eigenvalue weighted by Crippen LogP contribution is -2.61. The molecule has 0 aromatic rings. The van der Waals surface area contributed by atoms with Crippen molar-refractivity contribution in [1.29, 1.82) is 0 Å². The lowest BCUT2D eigenvalue weighted by atomic mass is 10.1. The molecule has 0 radical (unpaired) electrons. The normalized spacial score (nSPS) is 16.9. The predicted octanol–water partition coefficient (Wildman–Crippen LogP) is -1.07. The molecule has 0 aromatic heterocycles. The fraction of sp³-hybridized carbons (Fsp3) is 0.778. The van der Waals surface area contributed by atoms with E-state index in [-0.39, 0.29) is 30.3 Å². The van der Waals surface area contributed by atoms with Crippen LogP contribution in [0.1, 0.15) is 13.8 Å². The minimum atomic E-state index is -0.362. The molecule has 0 saturated carbocycles. The van der Waals surface area contributed by atoms with Gasteiger partial charge in [-0.25, -0.2) is 0 Å². The Labute approximate surface area is 83.6 Å². The van der Waals surface area contributed by atoms with Crippen LogP contribution in [0.3, 0.4) is 0 Å². The molecule has 3 N–H and O–H groups in total. The first-order valence-corrected chi connectivity index (χ1v) is 4.81. The maximum absolute atomic E-state index is 11.4. The number of carbonyl (C=O) groups is 2. The molecule has 1 aliphatic heterocycles. The van der Waals surface area contributed by atoms with Gasteiger partial charge in [-0.3, -0.25) is 9.59 Å².